The first-order valence-electron chi connectivity index (χ1n) is 5.17. The number of benzene rings is 1. The van der Waals surface area contributed by atoms with E-state index in [1.807, 2.05) is 12.1 Å². The molecule has 0 bridgehead atoms. The summed E-state index contributed by atoms with van der Waals surface area (Å²) in [5.74, 6) is 0.816. The van der Waals surface area contributed by atoms with Gasteiger partial charge in [-0.15, -0.1) is 0 Å². The molecule has 1 aliphatic rings. The maximum absolute atomic E-state index is 5.33. The van der Waals surface area contributed by atoms with Gasteiger partial charge in [0.25, 0.3) is 0 Å². The normalized spacial score (nSPS) is 15.4. The zero-order valence-corrected chi connectivity index (χ0v) is 8.99. The molecule has 4 heteroatoms. The molecule has 0 atom stereocenters. The lowest BCUT2D eigenvalue weighted by Crippen LogP contribution is -1.92. The molecule has 1 aromatic heterocycles. The third-order valence-electron chi connectivity index (χ3n) is 2.81. The lowest BCUT2D eigenvalue weighted by Gasteiger charge is -2.06. The van der Waals surface area contributed by atoms with Gasteiger partial charge in [-0.3, -0.25) is 0 Å². The molecule has 0 saturated carbocycles. The van der Waals surface area contributed by atoms with Crippen molar-refractivity contribution in [1.29, 1.82) is 0 Å². The van der Waals surface area contributed by atoms with E-state index in [-0.39, 0.29) is 0 Å². The van der Waals surface area contributed by atoms with Gasteiger partial charge in [0, 0.05) is 5.56 Å². The lowest BCUT2D eigenvalue weighted by atomic mass is 10.1. The zero-order valence-electron chi connectivity index (χ0n) is 8.99. The molecule has 0 spiro atoms. The highest BCUT2D eigenvalue weighted by molar-refractivity contribution is 5.93. The van der Waals surface area contributed by atoms with Gasteiger partial charge in [0.05, 0.1) is 32.2 Å². The summed E-state index contributed by atoms with van der Waals surface area (Å²) in [5.41, 5.74) is 4.19. The summed E-state index contributed by atoms with van der Waals surface area (Å²) in [6.07, 6.45) is 3.78. The quantitative estimate of drug-likeness (QED) is 0.835. The molecule has 0 saturated heterocycles. The van der Waals surface area contributed by atoms with E-state index in [4.69, 9.17) is 9.47 Å². The van der Waals surface area contributed by atoms with Crippen LogP contribution < -0.4 is 4.74 Å². The standard InChI is InChI=1S/C12H12N2O2/c1-15-10-3-2-9(8-4-5-16-6-8)11-12(10)14-7-13-11/h2-4,7H,5-6H2,1H3,(H,13,14). The SMILES string of the molecule is COc1ccc(C2=CCOC2)c2nc[nH]c12. The summed E-state index contributed by atoms with van der Waals surface area (Å²) in [5, 5.41) is 0. The molecule has 0 unspecified atom stereocenters. The summed E-state index contributed by atoms with van der Waals surface area (Å²) < 4.78 is 10.6. The number of nitrogens with zero attached hydrogens (tertiary/aromatic N) is 1. The molecule has 1 aromatic carbocycles. The van der Waals surface area contributed by atoms with Gasteiger partial charge < -0.3 is 14.5 Å². The van der Waals surface area contributed by atoms with Crippen LogP contribution in [-0.4, -0.2) is 30.3 Å². The fourth-order valence-corrected chi connectivity index (χ4v) is 2.01. The molecule has 2 heterocycles. The molecule has 1 N–H and O–H groups in total. The molecule has 2 aromatic rings. The molecule has 4 nitrogen and oxygen atoms in total. The maximum atomic E-state index is 5.33. The number of methoxy groups -OCH3 is 1. The minimum absolute atomic E-state index is 0.661. The largest absolute Gasteiger partial charge is 0.494 e. The monoisotopic (exact) mass is 216 g/mol. The molecule has 0 amide bonds. The third kappa shape index (κ3) is 1.31. The Morgan fingerprint density at radius 1 is 1.44 bits per heavy atom. The number of rotatable bonds is 2. The number of aromatic amines is 1. The first-order valence-corrected chi connectivity index (χ1v) is 5.17. The van der Waals surface area contributed by atoms with Crippen LogP contribution in [0.1, 0.15) is 5.56 Å². The van der Waals surface area contributed by atoms with Gasteiger partial charge >= 0.3 is 0 Å². The van der Waals surface area contributed by atoms with Crippen LogP contribution in [0.3, 0.4) is 0 Å². The predicted molar refractivity (Wildman–Crippen MR) is 61.4 cm³/mol. The highest BCUT2D eigenvalue weighted by Crippen LogP contribution is 2.30. The van der Waals surface area contributed by atoms with E-state index in [9.17, 15) is 0 Å². The van der Waals surface area contributed by atoms with Crippen molar-refractivity contribution in [2.45, 2.75) is 0 Å². The van der Waals surface area contributed by atoms with E-state index >= 15 is 0 Å². The van der Waals surface area contributed by atoms with Gasteiger partial charge in [0.15, 0.2) is 0 Å². The summed E-state index contributed by atoms with van der Waals surface area (Å²) >= 11 is 0. The Bertz CT molecular complexity index is 557. The van der Waals surface area contributed by atoms with Crippen molar-refractivity contribution < 1.29 is 9.47 Å². The average molecular weight is 216 g/mol. The van der Waals surface area contributed by atoms with Crippen molar-refractivity contribution in [2.24, 2.45) is 0 Å². The van der Waals surface area contributed by atoms with E-state index in [0.29, 0.717) is 13.2 Å². The Morgan fingerprint density at radius 2 is 2.38 bits per heavy atom. The highest BCUT2D eigenvalue weighted by atomic mass is 16.5. The summed E-state index contributed by atoms with van der Waals surface area (Å²) in [6.45, 7) is 1.35. The topological polar surface area (TPSA) is 47.1 Å². The minimum atomic E-state index is 0.661. The summed E-state index contributed by atoms with van der Waals surface area (Å²) in [4.78, 5) is 7.44. The number of ether oxygens (including phenoxy) is 2. The van der Waals surface area contributed by atoms with Crippen molar-refractivity contribution in [1.82, 2.24) is 9.97 Å². The summed E-state index contributed by atoms with van der Waals surface area (Å²) in [6, 6.07) is 3.98. The Balaban J connectivity index is 2.22. The van der Waals surface area contributed by atoms with Crippen molar-refractivity contribution in [3.05, 3.63) is 30.1 Å². The van der Waals surface area contributed by atoms with Crippen molar-refractivity contribution in [2.75, 3.05) is 20.3 Å². The van der Waals surface area contributed by atoms with E-state index in [0.717, 1.165) is 22.3 Å². The summed E-state index contributed by atoms with van der Waals surface area (Å²) in [7, 11) is 1.66. The van der Waals surface area contributed by atoms with Gasteiger partial charge in [0.2, 0.25) is 0 Å². The first kappa shape index (κ1) is 9.42. The molecule has 0 aliphatic carbocycles. The Hall–Kier alpha value is -1.81. The molecular weight excluding hydrogens is 204 g/mol. The third-order valence-corrected chi connectivity index (χ3v) is 2.81. The predicted octanol–water partition coefficient (Wildman–Crippen LogP) is 1.99. The number of fused-ring (bicyclic) bond motifs is 1. The van der Waals surface area contributed by atoms with Crippen LogP contribution >= 0.6 is 0 Å². The van der Waals surface area contributed by atoms with Crippen molar-refractivity contribution in [3.8, 4) is 5.75 Å². The molecule has 16 heavy (non-hydrogen) atoms. The van der Waals surface area contributed by atoms with Crippen LogP contribution in [0.4, 0.5) is 0 Å². The van der Waals surface area contributed by atoms with Crippen LogP contribution in [0.2, 0.25) is 0 Å². The Morgan fingerprint density at radius 3 is 3.12 bits per heavy atom. The van der Waals surface area contributed by atoms with E-state index in [1.165, 1.54) is 5.57 Å². The Kier molecular flexibility index (Phi) is 2.15. The van der Waals surface area contributed by atoms with E-state index in [2.05, 4.69) is 16.0 Å². The number of hydrogen-bond acceptors (Lipinski definition) is 3. The van der Waals surface area contributed by atoms with Crippen LogP contribution in [0.25, 0.3) is 16.6 Å². The molecule has 82 valence electrons. The van der Waals surface area contributed by atoms with Gasteiger partial charge in [-0.25, -0.2) is 4.98 Å². The van der Waals surface area contributed by atoms with Crippen LogP contribution in [-0.2, 0) is 4.74 Å². The number of hydrogen-bond donors (Lipinski definition) is 1. The first-order chi connectivity index (χ1) is 7.90. The second kappa shape index (κ2) is 3.64. The fraction of sp³-hybridized carbons (Fsp3) is 0.250. The van der Waals surface area contributed by atoms with Crippen LogP contribution in [0.15, 0.2) is 24.5 Å². The van der Waals surface area contributed by atoms with Crippen molar-refractivity contribution >= 4 is 16.6 Å². The maximum Gasteiger partial charge on any atom is 0.144 e. The van der Waals surface area contributed by atoms with Crippen molar-refractivity contribution in [3.63, 3.8) is 0 Å². The zero-order chi connectivity index (χ0) is 11.0. The van der Waals surface area contributed by atoms with Gasteiger partial charge in [-0.05, 0) is 17.7 Å². The number of nitrogens with one attached hydrogen (secondary N) is 1. The van der Waals surface area contributed by atoms with Gasteiger partial charge in [-0.1, -0.05) is 6.08 Å². The molecule has 3 rings (SSSR count). The number of aromatic nitrogens is 2. The number of H-pyrrole nitrogens is 1. The van der Waals surface area contributed by atoms with Gasteiger partial charge in [0.1, 0.15) is 11.3 Å². The molecule has 0 radical (unpaired) electrons. The Labute approximate surface area is 92.9 Å². The smallest absolute Gasteiger partial charge is 0.144 e. The average Bonchev–Trinajstić information content (AvgIpc) is 2.98. The molecular formula is C12H12N2O2. The van der Waals surface area contributed by atoms with Gasteiger partial charge in [-0.2, -0.15) is 0 Å². The lowest BCUT2D eigenvalue weighted by molar-refractivity contribution is 0.216. The van der Waals surface area contributed by atoms with E-state index < -0.39 is 0 Å². The molecule has 0 fully saturated rings. The van der Waals surface area contributed by atoms with Crippen LogP contribution in [0, 0.1) is 0 Å². The number of imidazole rings is 1. The second-order valence-corrected chi connectivity index (χ2v) is 3.69. The fourth-order valence-electron chi connectivity index (χ4n) is 2.01. The second-order valence-electron chi connectivity index (χ2n) is 3.69. The van der Waals surface area contributed by atoms with Crippen LogP contribution in [0.5, 0.6) is 5.75 Å². The van der Waals surface area contributed by atoms with E-state index in [1.54, 1.807) is 13.4 Å². The highest BCUT2D eigenvalue weighted by Gasteiger charge is 2.14. The minimum Gasteiger partial charge on any atom is -0.494 e. The molecule has 1 aliphatic heterocycles.